The minimum absolute atomic E-state index is 0.119. The maximum absolute atomic E-state index is 13.4. The van der Waals surface area contributed by atoms with Crippen LogP contribution in [0.3, 0.4) is 0 Å². The van der Waals surface area contributed by atoms with Crippen LogP contribution in [0.25, 0.3) is 0 Å². The number of esters is 1. The van der Waals surface area contributed by atoms with E-state index in [0.717, 1.165) is 16.7 Å². The monoisotopic (exact) mass is 626 g/mol. The number of carbonyl (C=O) groups is 3. The minimum atomic E-state index is -0.881. The second kappa shape index (κ2) is 12.0. The highest BCUT2D eigenvalue weighted by Gasteiger charge is 2.40. The Morgan fingerprint density at radius 3 is 2.37 bits per heavy atom. The van der Waals surface area contributed by atoms with E-state index in [0.29, 0.717) is 39.4 Å². The fourth-order valence-electron chi connectivity index (χ4n) is 5.04. The molecule has 2 aliphatic heterocycles. The highest BCUT2D eigenvalue weighted by molar-refractivity contribution is 6.42. The Bertz CT molecular complexity index is 1570. The predicted molar refractivity (Wildman–Crippen MR) is 162 cm³/mol. The zero-order valence-electron chi connectivity index (χ0n) is 24.5. The van der Waals surface area contributed by atoms with Gasteiger partial charge in [-0.25, -0.2) is 9.59 Å². The molecule has 2 amide bonds. The number of carbonyl (C=O) groups excluding carboxylic acids is 3. The van der Waals surface area contributed by atoms with Gasteiger partial charge in [0.25, 0.3) is 5.91 Å². The van der Waals surface area contributed by atoms with Crippen LogP contribution in [0.4, 0.5) is 10.5 Å². The number of hydrogen-bond donors (Lipinski definition) is 0. The molecule has 0 fully saturated rings. The number of halogens is 2. The molecular formula is C32H32Cl2N2O7. The molecule has 0 radical (unpaired) electrons. The maximum atomic E-state index is 13.4. The van der Waals surface area contributed by atoms with Crippen molar-refractivity contribution >= 4 is 46.9 Å². The van der Waals surface area contributed by atoms with Crippen molar-refractivity contribution in [2.75, 3.05) is 19.1 Å². The lowest BCUT2D eigenvalue weighted by atomic mass is 9.92. The molecule has 0 aliphatic carbocycles. The Morgan fingerprint density at radius 1 is 1.00 bits per heavy atom. The zero-order valence-corrected chi connectivity index (χ0v) is 26.0. The van der Waals surface area contributed by atoms with Gasteiger partial charge in [-0.15, -0.1) is 0 Å². The van der Waals surface area contributed by atoms with Crippen molar-refractivity contribution in [3.05, 3.63) is 86.9 Å². The second-order valence-corrected chi connectivity index (χ2v) is 12.3. The number of nitrogens with zero attached hydrogens (tertiary/aromatic N) is 2. The molecule has 2 heterocycles. The quantitative estimate of drug-likeness (QED) is 0.298. The molecule has 43 heavy (non-hydrogen) atoms. The summed E-state index contributed by atoms with van der Waals surface area (Å²) in [4.78, 5) is 42.0. The first-order valence-corrected chi connectivity index (χ1v) is 14.4. The van der Waals surface area contributed by atoms with E-state index in [1.165, 1.54) is 12.0 Å². The van der Waals surface area contributed by atoms with Crippen molar-refractivity contribution in [3.63, 3.8) is 0 Å². The highest BCUT2D eigenvalue weighted by Crippen LogP contribution is 2.42. The van der Waals surface area contributed by atoms with Gasteiger partial charge in [-0.1, -0.05) is 41.4 Å². The summed E-state index contributed by atoms with van der Waals surface area (Å²) in [6, 6.07) is 15.2. The van der Waals surface area contributed by atoms with Crippen molar-refractivity contribution in [1.29, 1.82) is 0 Å². The minimum Gasteiger partial charge on any atom is -0.489 e. The van der Waals surface area contributed by atoms with E-state index < -0.39 is 29.8 Å². The molecule has 0 saturated heterocycles. The van der Waals surface area contributed by atoms with Gasteiger partial charge in [-0.05, 0) is 73.9 Å². The van der Waals surface area contributed by atoms with Crippen LogP contribution in [0.5, 0.6) is 11.5 Å². The Balaban J connectivity index is 1.36. The standard InChI is InChI=1S/C32H32Cl2N2O7/c1-32(2,3)43-31(39)36-16-21-15-27-25(13-20(21)14-26(36)30(38)40-5)35(4)29(37)28(42-27)19-7-9-22(10-8-19)41-17-18-6-11-23(33)24(34)12-18/h6-13,15,26,28H,14,16-17H2,1-5H3. The van der Waals surface area contributed by atoms with Crippen molar-refractivity contribution in [1.82, 2.24) is 4.90 Å². The number of methoxy groups -OCH3 is 1. The first-order chi connectivity index (χ1) is 20.3. The van der Waals surface area contributed by atoms with Gasteiger partial charge in [0.1, 0.15) is 29.7 Å². The fraction of sp³-hybridized carbons (Fsp3) is 0.344. The summed E-state index contributed by atoms with van der Waals surface area (Å²) in [5.74, 6) is 0.321. The largest absolute Gasteiger partial charge is 0.489 e. The summed E-state index contributed by atoms with van der Waals surface area (Å²) in [6.45, 7) is 5.71. The van der Waals surface area contributed by atoms with E-state index >= 15 is 0 Å². The van der Waals surface area contributed by atoms with Crippen LogP contribution >= 0.6 is 23.2 Å². The molecule has 0 saturated carbocycles. The summed E-state index contributed by atoms with van der Waals surface area (Å²) in [6.07, 6.45) is -1.28. The van der Waals surface area contributed by atoms with E-state index in [4.69, 9.17) is 42.1 Å². The lowest BCUT2D eigenvalue weighted by molar-refractivity contribution is -0.147. The second-order valence-electron chi connectivity index (χ2n) is 11.4. The Morgan fingerprint density at radius 2 is 1.72 bits per heavy atom. The van der Waals surface area contributed by atoms with E-state index in [1.807, 2.05) is 18.2 Å². The summed E-state index contributed by atoms with van der Waals surface area (Å²) < 4.78 is 22.7. The molecule has 0 N–H and O–H groups in total. The first-order valence-electron chi connectivity index (χ1n) is 13.7. The van der Waals surface area contributed by atoms with E-state index in [-0.39, 0.29) is 18.9 Å². The Labute approximate surface area is 260 Å². The molecule has 3 aromatic rings. The van der Waals surface area contributed by atoms with E-state index in [1.54, 1.807) is 69.1 Å². The average molecular weight is 628 g/mol. The van der Waals surface area contributed by atoms with Crippen LogP contribution < -0.4 is 14.4 Å². The third-order valence-corrected chi connectivity index (χ3v) is 7.99. The van der Waals surface area contributed by atoms with Crippen LogP contribution in [0.1, 0.15) is 49.1 Å². The number of ether oxygens (including phenoxy) is 4. The van der Waals surface area contributed by atoms with E-state index in [9.17, 15) is 14.4 Å². The molecule has 0 bridgehead atoms. The van der Waals surface area contributed by atoms with Crippen LogP contribution in [0.2, 0.25) is 10.0 Å². The third kappa shape index (κ3) is 6.53. The molecule has 11 heteroatoms. The lowest BCUT2D eigenvalue weighted by Crippen LogP contribution is -2.50. The van der Waals surface area contributed by atoms with Gasteiger partial charge in [0.05, 0.1) is 29.4 Å². The topological polar surface area (TPSA) is 94.6 Å². The molecule has 9 nitrogen and oxygen atoms in total. The van der Waals surface area contributed by atoms with Gasteiger partial charge < -0.3 is 23.8 Å². The number of fused-ring (bicyclic) bond motifs is 2. The number of amides is 2. The van der Waals surface area contributed by atoms with Crippen molar-refractivity contribution in [3.8, 4) is 11.5 Å². The molecule has 0 spiro atoms. The van der Waals surface area contributed by atoms with Gasteiger partial charge in [0.2, 0.25) is 6.10 Å². The normalized spacial score (nSPS) is 17.9. The number of hydrogen-bond acceptors (Lipinski definition) is 7. The van der Waals surface area contributed by atoms with Gasteiger partial charge in [0, 0.05) is 19.0 Å². The SMILES string of the molecule is COC(=O)C1Cc2cc3c(cc2CN1C(=O)OC(C)(C)C)OC(c1ccc(OCc2ccc(Cl)c(Cl)c2)cc1)C(=O)N3C. The highest BCUT2D eigenvalue weighted by atomic mass is 35.5. The third-order valence-electron chi connectivity index (χ3n) is 7.25. The van der Waals surface area contributed by atoms with Crippen LogP contribution in [-0.2, 0) is 38.6 Å². The average Bonchev–Trinajstić information content (AvgIpc) is 2.97. The van der Waals surface area contributed by atoms with Crippen LogP contribution in [0.15, 0.2) is 54.6 Å². The number of benzene rings is 3. The number of likely N-dealkylation sites (N-methyl/N-ethyl adjacent to an activating group) is 1. The lowest BCUT2D eigenvalue weighted by Gasteiger charge is -2.38. The smallest absolute Gasteiger partial charge is 0.411 e. The van der Waals surface area contributed by atoms with Gasteiger partial charge >= 0.3 is 12.1 Å². The summed E-state index contributed by atoms with van der Waals surface area (Å²) >= 11 is 12.1. The Kier molecular flexibility index (Phi) is 8.49. The molecule has 5 rings (SSSR count). The van der Waals surface area contributed by atoms with Gasteiger partial charge in [0.15, 0.2) is 0 Å². The number of anilines is 1. The Hall–Kier alpha value is -3.95. The molecule has 3 aromatic carbocycles. The molecule has 2 aliphatic rings. The van der Waals surface area contributed by atoms with Crippen molar-refractivity contribution in [2.45, 2.75) is 58.1 Å². The van der Waals surface area contributed by atoms with Crippen LogP contribution in [0, 0.1) is 0 Å². The molecule has 2 unspecified atom stereocenters. The maximum Gasteiger partial charge on any atom is 0.411 e. The van der Waals surface area contributed by atoms with Gasteiger partial charge in [-0.3, -0.25) is 9.69 Å². The molecule has 226 valence electrons. The number of rotatable bonds is 5. The summed E-state index contributed by atoms with van der Waals surface area (Å²) in [7, 11) is 2.97. The molecular weight excluding hydrogens is 595 g/mol. The van der Waals surface area contributed by atoms with Crippen molar-refractivity contribution < 1.29 is 33.3 Å². The van der Waals surface area contributed by atoms with E-state index in [2.05, 4.69) is 0 Å². The summed E-state index contributed by atoms with van der Waals surface area (Å²) in [5.41, 5.74) is 2.97. The van der Waals surface area contributed by atoms with Gasteiger partial charge in [-0.2, -0.15) is 0 Å². The van der Waals surface area contributed by atoms with Crippen LogP contribution in [-0.4, -0.2) is 48.7 Å². The predicted octanol–water partition coefficient (Wildman–Crippen LogP) is 6.50. The molecule has 2 atom stereocenters. The molecule has 0 aromatic heterocycles. The summed E-state index contributed by atoms with van der Waals surface area (Å²) in [5, 5.41) is 0.933. The fourth-order valence-corrected chi connectivity index (χ4v) is 5.36. The van der Waals surface area contributed by atoms with Crippen molar-refractivity contribution in [2.24, 2.45) is 0 Å². The zero-order chi connectivity index (χ0) is 31.1. The first kappa shape index (κ1) is 30.5.